The van der Waals surface area contributed by atoms with Crippen molar-refractivity contribution in [2.75, 3.05) is 4.90 Å². The predicted octanol–water partition coefficient (Wildman–Crippen LogP) is 7.02. The van der Waals surface area contributed by atoms with Crippen LogP contribution in [0.5, 0.6) is 0 Å². The Bertz CT molecular complexity index is 1430. The largest absolute Gasteiger partial charge is 0.277 e. The van der Waals surface area contributed by atoms with E-state index in [0.29, 0.717) is 21.6 Å². The molecule has 0 spiro atoms. The maximum absolute atomic E-state index is 13.8. The number of hydrogen-bond donors (Lipinski definition) is 0. The van der Waals surface area contributed by atoms with Gasteiger partial charge in [0.05, 0.1) is 27.5 Å². The zero-order valence-corrected chi connectivity index (χ0v) is 19.3. The number of fused-ring (bicyclic) bond motifs is 2. The Hall–Kier alpha value is -2.80. The first-order valence-electron chi connectivity index (χ1n) is 9.78. The molecule has 0 N–H and O–H groups in total. The zero-order valence-electron chi connectivity index (χ0n) is 16.9. The Morgan fingerprint density at radius 1 is 1.06 bits per heavy atom. The summed E-state index contributed by atoms with van der Waals surface area (Å²) in [5.41, 5.74) is 4.00. The summed E-state index contributed by atoms with van der Waals surface area (Å²) in [7, 11) is 0. The molecule has 5 aromatic rings. The molecule has 0 bridgehead atoms. The SMILES string of the molecule is Cc1cc(C)c2sc(N(Cc3ccccn3)C(=O)c3sc4ccccc4c3Cl)nc2c1. The molecule has 4 nitrogen and oxygen atoms in total. The number of carbonyl (C=O) groups excluding carboxylic acids is 1. The molecule has 0 saturated heterocycles. The first-order valence-corrected chi connectivity index (χ1v) is 11.8. The summed E-state index contributed by atoms with van der Waals surface area (Å²) in [6.07, 6.45) is 1.73. The van der Waals surface area contributed by atoms with E-state index in [1.54, 1.807) is 11.1 Å². The first-order chi connectivity index (χ1) is 15.0. The van der Waals surface area contributed by atoms with Crippen molar-refractivity contribution in [3.63, 3.8) is 0 Å². The normalized spacial score (nSPS) is 11.3. The van der Waals surface area contributed by atoms with Gasteiger partial charge in [0.15, 0.2) is 5.13 Å². The number of aryl methyl sites for hydroxylation is 2. The van der Waals surface area contributed by atoms with Gasteiger partial charge in [-0.1, -0.05) is 53.3 Å². The number of hydrogen-bond acceptors (Lipinski definition) is 5. The number of halogens is 1. The van der Waals surface area contributed by atoms with Crippen molar-refractivity contribution in [3.05, 3.63) is 87.5 Å². The van der Waals surface area contributed by atoms with Crippen LogP contribution >= 0.6 is 34.3 Å². The lowest BCUT2D eigenvalue weighted by Gasteiger charge is -2.19. The molecule has 0 fully saturated rings. The van der Waals surface area contributed by atoms with Gasteiger partial charge in [-0.15, -0.1) is 11.3 Å². The highest BCUT2D eigenvalue weighted by Gasteiger charge is 2.27. The molecule has 31 heavy (non-hydrogen) atoms. The van der Waals surface area contributed by atoms with Crippen LogP contribution in [-0.4, -0.2) is 15.9 Å². The highest BCUT2D eigenvalue weighted by Crippen LogP contribution is 2.38. The monoisotopic (exact) mass is 463 g/mol. The molecule has 7 heteroatoms. The molecule has 0 saturated carbocycles. The first kappa shape index (κ1) is 20.1. The van der Waals surface area contributed by atoms with Gasteiger partial charge in [0.2, 0.25) is 0 Å². The summed E-state index contributed by atoms with van der Waals surface area (Å²) in [6, 6.07) is 17.7. The number of rotatable bonds is 4. The van der Waals surface area contributed by atoms with Crippen LogP contribution in [0, 0.1) is 13.8 Å². The van der Waals surface area contributed by atoms with Crippen LogP contribution in [0.25, 0.3) is 20.3 Å². The third kappa shape index (κ3) is 3.71. The van der Waals surface area contributed by atoms with Crippen molar-refractivity contribution in [1.82, 2.24) is 9.97 Å². The second-order valence-corrected chi connectivity index (χ2v) is 9.79. The average molecular weight is 464 g/mol. The van der Waals surface area contributed by atoms with E-state index in [2.05, 4.69) is 31.0 Å². The van der Waals surface area contributed by atoms with E-state index in [9.17, 15) is 4.79 Å². The van der Waals surface area contributed by atoms with Crippen LogP contribution in [0.1, 0.15) is 26.5 Å². The maximum Gasteiger partial charge on any atom is 0.272 e. The van der Waals surface area contributed by atoms with E-state index < -0.39 is 0 Å². The van der Waals surface area contributed by atoms with Crippen molar-refractivity contribution in [1.29, 1.82) is 0 Å². The second-order valence-electron chi connectivity index (χ2n) is 7.38. The highest BCUT2D eigenvalue weighted by atomic mass is 35.5. The molecular formula is C24H18ClN3OS2. The van der Waals surface area contributed by atoms with Gasteiger partial charge in [-0.2, -0.15) is 0 Å². The third-order valence-electron chi connectivity index (χ3n) is 5.06. The molecule has 154 valence electrons. The molecule has 1 amide bonds. The second kappa shape index (κ2) is 8.04. The van der Waals surface area contributed by atoms with Gasteiger partial charge < -0.3 is 0 Å². The highest BCUT2D eigenvalue weighted by molar-refractivity contribution is 7.23. The van der Waals surface area contributed by atoms with Crippen molar-refractivity contribution in [2.45, 2.75) is 20.4 Å². The van der Waals surface area contributed by atoms with Crippen LogP contribution in [0.3, 0.4) is 0 Å². The fraction of sp³-hybridized carbons (Fsp3) is 0.125. The number of thiophene rings is 1. The number of nitrogens with zero attached hydrogens (tertiary/aromatic N) is 3. The third-order valence-corrected chi connectivity index (χ3v) is 7.95. The lowest BCUT2D eigenvalue weighted by molar-refractivity contribution is 0.0989. The Balaban J connectivity index is 1.64. The minimum absolute atomic E-state index is 0.162. The fourth-order valence-corrected chi connectivity index (χ4v) is 6.11. The molecule has 0 radical (unpaired) electrons. The van der Waals surface area contributed by atoms with Crippen molar-refractivity contribution in [2.24, 2.45) is 0 Å². The quantitative estimate of drug-likeness (QED) is 0.287. The van der Waals surface area contributed by atoms with Gasteiger partial charge >= 0.3 is 0 Å². The molecule has 0 atom stereocenters. The van der Waals surface area contributed by atoms with Crippen molar-refractivity contribution in [3.8, 4) is 0 Å². The molecule has 0 aliphatic carbocycles. The number of aromatic nitrogens is 2. The predicted molar refractivity (Wildman–Crippen MR) is 131 cm³/mol. The minimum atomic E-state index is -0.162. The van der Waals surface area contributed by atoms with Crippen LogP contribution in [0.15, 0.2) is 60.8 Å². The van der Waals surface area contributed by atoms with Gasteiger partial charge in [-0.25, -0.2) is 4.98 Å². The number of pyridine rings is 1. The standard InChI is InChI=1S/C24H18ClN3OS2/c1-14-11-15(2)21-18(12-14)27-24(31-21)28(13-16-7-5-6-10-26-16)23(29)22-20(25)17-8-3-4-9-19(17)30-22/h3-12H,13H2,1-2H3. The Morgan fingerprint density at radius 2 is 1.87 bits per heavy atom. The summed E-state index contributed by atoms with van der Waals surface area (Å²) in [4.78, 5) is 25.2. The van der Waals surface area contributed by atoms with Gasteiger partial charge in [0.25, 0.3) is 5.91 Å². The van der Waals surface area contributed by atoms with Gasteiger partial charge in [-0.05, 0) is 49.2 Å². The number of amides is 1. The number of benzene rings is 2. The smallest absolute Gasteiger partial charge is 0.272 e. The van der Waals surface area contributed by atoms with E-state index in [4.69, 9.17) is 16.6 Å². The molecule has 2 aromatic carbocycles. The summed E-state index contributed by atoms with van der Waals surface area (Å²) in [5, 5.41) is 2.03. The topological polar surface area (TPSA) is 46.1 Å². The molecule has 0 unspecified atom stereocenters. The molecule has 5 rings (SSSR count). The maximum atomic E-state index is 13.8. The Morgan fingerprint density at radius 3 is 2.65 bits per heavy atom. The summed E-state index contributed by atoms with van der Waals surface area (Å²) in [5.74, 6) is -0.162. The summed E-state index contributed by atoms with van der Waals surface area (Å²) < 4.78 is 2.08. The van der Waals surface area contributed by atoms with Crippen LogP contribution in [-0.2, 0) is 6.54 Å². The number of anilines is 1. The molecule has 3 aromatic heterocycles. The Kier molecular flexibility index (Phi) is 5.22. The van der Waals surface area contributed by atoms with Crippen LogP contribution in [0.2, 0.25) is 5.02 Å². The summed E-state index contributed by atoms with van der Waals surface area (Å²) in [6.45, 7) is 4.45. The average Bonchev–Trinajstić information content (AvgIpc) is 3.34. The Labute approximate surface area is 192 Å². The zero-order chi connectivity index (χ0) is 21.5. The van der Waals surface area contributed by atoms with Gasteiger partial charge in [0.1, 0.15) is 4.88 Å². The molecule has 0 aliphatic heterocycles. The lowest BCUT2D eigenvalue weighted by Crippen LogP contribution is -2.30. The summed E-state index contributed by atoms with van der Waals surface area (Å²) >= 11 is 9.58. The lowest BCUT2D eigenvalue weighted by atomic mass is 10.1. The number of carbonyl (C=O) groups is 1. The van der Waals surface area contributed by atoms with E-state index in [1.165, 1.54) is 22.7 Å². The van der Waals surface area contributed by atoms with Crippen LogP contribution < -0.4 is 4.90 Å². The van der Waals surface area contributed by atoms with E-state index in [1.807, 2.05) is 42.5 Å². The van der Waals surface area contributed by atoms with Gasteiger partial charge in [-0.3, -0.25) is 14.7 Å². The minimum Gasteiger partial charge on any atom is -0.277 e. The van der Waals surface area contributed by atoms with Gasteiger partial charge in [0, 0.05) is 16.3 Å². The van der Waals surface area contributed by atoms with Crippen LogP contribution in [0.4, 0.5) is 5.13 Å². The van der Waals surface area contributed by atoms with E-state index in [0.717, 1.165) is 37.1 Å². The van der Waals surface area contributed by atoms with Crippen molar-refractivity contribution >= 4 is 65.6 Å². The van der Waals surface area contributed by atoms with E-state index in [-0.39, 0.29) is 5.91 Å². The molecule has 3 heterocycles. The molecular weight excluding hydrogens is 446 g/mol. The molecule has 0 aliphatic rings. The number of thiazole rings is 1. The fourth-order valence-electron chi connectivity index (χ4n) is 3.63. The van der Waals surface area contributed by atoms with E-state index >= 15 is 0 Å². The van der Waals surface area contributed by atoms with Crippen molar-refractivity contribution < 1.29 is 4.79 Å².